The summed E-state index contributed by atoms with van der Waals surface area (Å²) in [5.41, 5.74) is 2.96. The van der Waals surface area contributed by atoms with Crippen molar-refractivity contribution in [2.24, 2.45) is 5.92 Å². The quantitative estimate of drug-likeness (QED) is 0.557. The summed E-state index contributed by atoms with van der Waals surface area (Å²) in [5.74, 6) is -0.583. The van der Waals surface area contributed by atoms with Gasteiger partial charge in [-0.25, -0.2) is 4.98 Å². The number of hydrogen-bond acceptors (Lipinski definition) is 4. The maximum absolute atomic E-state index is 13.5. The minimum atomic E-state index is -0.272. The number of aromatic nitrogens is 1. The Morgan fingerprint density at radius 2 is 1.93 bits per heavy atom. The molecule has 1 aliphatic heterocycles. The Kier molecular flexibility index (Phi) is 6.00. The molecule has 2 heterocycles. The van der Waals surface area contributed by atoms with Gasteiger partial charge in [0.1, 0.15) is 0 Å². The predicted molar refractivity (Wildman–Crippen MR) is 117 cm³/mol. The largest absolute Gasteiger partial charge is 0.466 e. The number of amides is 1. The number of benzene rings is 2. The minimum Gasteiger partial charge on any atom is -0.466 e. The number of rotatable bonds is 4. The third-order valence-corrected chi connectivity index (χ3v) is 5.67. The predicted octanol–water partition coefficient (Wildman–Crippen LogP) is 4.97. The molecule has 1 saturated heterocycles. The number of fused-ring (bicyclic) bond motifs is 1. The van der Waals surface area contributed by atoms with E-state index in [0.29, 0.717) is 36.0 Å². The molecule has 30 heavy (non-hydrogen) atoms. The van der Waals surface area contributed by atoms with E-state index in [-0.39, 0.29) is 17.8 Å². The van der Waals surface area contributed by atoms with Crippen molar-refractivity contribution in [3.05, 3.63) is 65.2 Å². The lowest BCUT2D eigenvalue weighted by molar-refractivity contribution is -0.149. The highest BCUT2D eigenvalue weighted by Crippen LogP contribution is 2.28. The van der Waals surface area contributed by atoms with Gasteiger partial charge in [-0.1, -0.05) is 41.9 Å². The summed E-state index contributed by atoms with van der Waals surface area (Å²) in [4.78, 5) is 32.2. The summed E-state index contributed by atoms with van der Waals surface area (Å²) in [6, 6.07) is 16.9. The number of carbonyl (C=O) groups is 2. The van der Waals surface area contributed by atoms with Crippen molar-refractivity contribution in [3.8, 4) is 11.3 Å². The van der Waals surface area contributed by atoms with Crippen molar-refractivity contribution in [1.29, 1.82) is 0 Å². The molecule has 6 heteroatoms. The van der Waals surface area contributed by atoms with E-state index in [1.165, 1.54) is 0 Å². The van der Waals surface area contributed by atoms with Crippen LogP contribution in [0.2, 0.25) is 5.02 Å². The summed E-state index contributed by atoms with van der Waals surface area (Å²) in [6.07, 6.45) is 1.53. The Morgan fingerprint density at radius 1 is 1.17 bits per heavy atom. The monoisotopic (exact) mass is 422 g/mol. The van der Waals surface area contributed by atoms with Crippen LogP contribution < -0.4 is 0 Å². The second kappa shape index (κ2) is 8.84. The summed E-state index contributed by atoms with van der Waals surface area (Å²) in [6.45, 7) is 3.15. The van der Waals surface area contributed by atoms with Crippen molar-refractivity contribution in [2.75, 3.05) is 19.7 Å². The maximum Gasteiger partial charge on any atom is 0.310 e. The van der Waals surface area contributed by atoms with Crippen molar-refractivity contribution in [1.82, 2.24) is 9.88 Å². The number of para-hydroxylation sites is 1. The molecule has 1 fully saturated rings. The molecule has 5 nitrogen and oxygen atoms in total. The summed E-state index contributed by atoms with van der Waals surface area (Å²) in [7, 11) is 0. The van der Waals surface area contributed by atoms with Crippen molar-refractivity contribution in [3.63, 3.8) is 0 Å². The Bertz CT molecular complexity index is 1080. The summed E-state index contributed by atoms with van der Waals surface area (Å²) < 4.78 is 5.17. The highest BCUT2D eigenvalue weighted by molar-refractivity contribution is 6.30. The van der Waals surface area contributed by atoms with Gasteiger partial charge >= 0.3 is 5.97 Å². The van der Waals surface area contributed by atoms with Gasteiger partial charge in [-0.15, -0.1) is 0 Å². The number of hydrogen-bond donors (Lipinski definition) is 0. The van der Waals surface area contributed by atoms with E-state index in [4.69, 9.17) is 21.3 Å². The molecule has 2 aromatic carbocycles. The topological polar surface area (TPSA) is 59.5 Å². The van der Waals surface area contributed by atoms with Crippen LogP contribution in [-0.4, -0.2) is 41.5 Å². The Hall–Kier alpha value is -2.92. The first-order chi connectivity index (χ1) is 14.6. The molecule has 4 rings (SSSR count). The molecule has 0 radical (unpaired) electrons. The van der Waals surface area contributed by atoms with E-state index >= 15 is 0 Å². The Labute approximate surface area is 180 Å². The third-order valence-electron chi connectivity index (χ3n) is 5.42. The molecule has 0 bridgehead atoms. The van der Waals surface area contributed by atoms with E-state index < -0.39 is 0 Å². The second-order valence-electron chi connectivity index (χ2n) is 7.42. The van der Waals surface area contributed by atoms with E-state index in [0.717, 1.165) is 29.3 Å². The molecule has 0 unspecified atom stereocenters. The molecule has 3 aromatic rings. The zero-order valence-electron chi connectivity index (χ0n) is 16.8. The van der Waals surface area contributed by atoms with E-state index in [9.17, 15) is 9.59 Å². The van der Waals surface area contributed by atoms with Gasteiger partial charge in [0.15, 0.2) is 0 Å². The van der Waals surface area contributed by atoms with Crippen LogP contribution in [0, 0.1) is 5.92 Å². The van der Waals surface area contributed by atoms with Gasteiger partial charge in [0.2, 0.25) is 0 Å². The van der Waals surface area contributed by atoms with Crippen LogP contribution in [0.1, 0.15) is 30.1 Å². The zero-order chi connectivity index (χ0) is 21.1. The second-order valence-corrected chi connectivity index (χ2v) is 7.86. The maximum atomic E-state index is 13.5. The van der Waals surface area contributed by atoms with Crippen LogP contribution in [0.25, 0.3) is 22.2 Å². The highest BCUT2D eigenvalue weighted by Gasteiger charge is 2.30. The van der Waals surface area contributed by atoms with Gasteiger partial charge in [-0.3, -0.25) is 9.59 Å². The van der Waals surface area contributed by atoms with Crippen LogP contribution in [-0.2, 0) is 9.53 Å². The van der Waals surface area contributed by atoms with Crippen molar-refractivity contribution >= 4 is 34.4 Å². The van der Waals surface area contributed by atoms with Gasteiger partial charge in [0, 0.05) is 29.1 Å². The molecule has 0 saturated carbocycles. The van der Waals surface area contributed by atoms with Crippen LogP contribution in [0.3, 0.4) is 0 Å². The molecule has 0 spiro atoms. The number of likely N-dealkylation sites (tertiary alicyclic amines) is 1. The lowest BCUT2D eigenvalue weighted by atomic mass is 9.96. The van der Waals surface area contributed by atoms with Crippen LogP contribution in [0.15, 0.2) is 54.6 Å². The Morgan fingerprint density at radius 3 is 2.70 bits per heavy atom. The smallest absolute Gasteiger partial charge is 0.310 e. The van der Waals surface area contributed by atoms with Gasteiger partial charge in [-0.05, 0) is 44.0 Å². The molecule has 1 aromatic heterocycles. The number of carbonyl (C=O) groups excluding carboxylic acids is 2. The molecule has 1 atom stereocenters. The molecule has 154 valence electrons. The lowest BCUT2D eigenvalue weighted by Gasteiger charge is -2.32. The fourth-order valence-electron chi connectivity index (χ4n) is 3.91. The van der Waals surface area contributed by atoms with E-state index in [1.54, 1.807) is 11.8 Å². The minimum absolute atomic E-state index is 0.0854. The standard InChI is InChI=1S/C24H23ClN2O3/c1-2-30-24(29)17-6-5-13-27(15-17)23(28)20-14-22(16-9-11-18(25)12-10-16)26-21-8-4-3-7-19(20)21/h3-4,7-12,14,17H,2,5-6,13,15H2,1H3/t17-/m1/s1. The summed E-state index contributed by atoms with van der Waals surface area (Å²) in [5, 5.41) is 1.45. The first-order valence-electron chi connectivity index (χ1n) is 10.2. The SMILES string of the molecule is CCOC(=O)[C@@H]1CCCN(C(=O)c2cc(-c3ccc(Cl)cc3)nc3ccccc23)C1. The third kappa shape index (κ3) is 4.17. The molecular weight excluding hydrogens is 400 g/mol. The van der Waals surface area contributed by atoms with Crippen LogP contribution >= 0.6 is 11.6 Å². The van der Waals surface area contributed by atoms with Gasteiger partial charge in [0.25, 0.3) is 5.91 Å². The average Bonchev–Trinajstić information content (AvgIpc) is 2.78. The van der Waals surface area contributed by atoms with Gasteiger partial charge < -0.3 is 9.64 Å². The molecule has 1 amide bonds. The van der Waals surface area contributed by atoms with E-state index in [2.05, 4.69) is 0 Å². The lowest BCUT2D eigenvalue weighted by Crippen LogP contribution is -2.42. The number of piperidine rings is 1. The molecule has 0 N–H and O–H groups in total. The average molecular weight is 423 g/mol. The number of ether oxygens (including phenoxy) is 1. The molecule has 1 aliphatic rings. The van der Waals surface area contributed by atoms with Gasteiger partial charge in [0.05, 0.1) is 29.3 Å². The first-order valence-corrected chi connectivity index (χ1v) is 10.6. The number of halogens is 1. The fourth-order valence-corrected chi connectivity index (χ4v) is 4.03. The van der Waals surface area contributed by atoms with E-state index in [1.807, 2.05) is 54.6 Å². The first kappa shape index (κ1) is 20.4. The number of pyridine rings is 1. The molecule has 0 aliphatic carbocycles. The molecular formula is C24H23ClN2O3. The normalized spacial score (nSPS) is 16.5. The number of nitrogens with zero attached hydrogens (tertiary/aromatic N) is 2. The summed E-state index contributed by atoms with van der Waals surface area (Å²) >= 11 is 6.02. The van der Waals surface area contributed by atoms with Crippen molar-refractivity contribution in [2.45, 2.75) is 19.8 Å². The fraction of sp³-hybridized carbons (Fsp3) is 0.292. The van der Waals surface area contributed by atoms with Gasteiger partial charge in [-0.2, -0.15) is 0 Å². The Balaban J connectivity index is 1.71. The van der Waals surface area contributed by atoms with Crippen LogP contribution in [0.5, 0.6) is 0 Å². The zero-order valence-corrected chi connectivity index (χ0v) is 17.6. The highest BCUT2D eigenvalue weighted by atomic mass is 35.5. The van der Waals surface area contributed by atoms with Crippen molar-refractivity contribution < 1.29 is 14.3 Å². The van der Waals surface area contributed by atoms with Crippen LogP contribution in [0.4, 0.5) is 0 Å². The number of esters is 1.